The van der Waals surface area contributed by atoms with Crippen LogP contribution < -0.4 is 5.32 Å². The first-order valence-corrected chi connectivity index (χ1v) is 9.19. The van der Waals surface area contributed by atoms with Gasteiger partial charge in [0.05, 0.1) is 29.1 Å². The van der Waals surface area contributed by atoms with Crippen LogP contribution in [0.5, 0.6) is 0 Å². The molecular weight excluding hydrogens is 352 g/mol. The Morgan fingerprint density at radius 3 is 2.93 bits per heavy atom. The molecule has 3 heterocycles. The monoisotopic (exact) mass is 372 g/mol. The maximum atomic E-state index is 9.87. The van der Waals surface area contributed by atoms with Crippen LogP contribution in [-0.2, 0) is 13.0 Å². The summed E-state index contributed by atoms with van der Waals surface area (Å²) in [5.41, 5.74) is 3.57. The second-order valence-corrected chi connectivity index (χ2v) is 6.32. The Balaban J connectivity index is 1.59. The van der Waals surface area contributed by atoms with E-state index in [9.17, 15) is 5.26 Å². The summed E-state index contributed by atoms with van der Waals surface area (Å²) in [7, 11) is 0. The van der Waals surface area contributed by atoms with Gasteiger partial charge in [0.1, 0.15) is 11.7 Å². The van der Waals surface area contributed by atoms with Crippen LogP contribution in [-0.4, -0.2) is 36.0 Å². The first-order chi connectivity index (χ1) is 13.8. The summed E-state index contributed by atoms with van der Waals surface area (Å²) >= 11 is 0. The number of fused-ring (bicyclic) bond motifs is 1. The van der Waals surface area contributed by atoms with Crippen molar-refractivity contribution < 1.29 is 0 Å². The van der Waals surface area contributed by atoms with Crippen LogP contribution in [0.15, 0.2) is 49.1 Å². The smallest absolute Gasteiger partial charge is 0.222 e. The topological polar surface area (TPSA) is 108 Å². The van der Waals surface area contributed by atoms with Crippen molar-refractivity contribution in [3.63, 3.8) is 0 Å². The summed E-state index contributed by atoms with van der Waals surface area (Å²) in [5, 5.41) is 13.1. The normalized spacial score (nSPS) is 12.0. The number of aromatic nitrogens is 6. The molecule has 1 atom stereocenters. The lowest BCUT2D eigenvalue weighted by Gasteiger charge is -2.12. The molecule has 8 nitrogen and oxygen atoms in total. The molecule has 3 aromatic heterocycles. The summed E-state index contributed by atoms with van der Waals surface area (Å²) in [4.78, 5) is 20.6. The van der Waals surface area contributed by atoms with E-state index >= 15 is 0 Å². The number of nitrogens with one attached hydrogen (secondary N) is 2. The van der Waals surface area contributed by atoms with E-state index < -0.39 is 5.92 Å². The lowest BCUT2D eigenvalue weighted by molar-refractivity contribution is 0.704. The van der Waals surface area contributed by atoms with E-state index in [-0.39, 0.29) is 0 Å². The zero-order chi connectivity index (χ0) is 19.3. The van der Waals surface area contributed by atoms with E-state index in [2.05, 4.69) is 42.8 Å². The molecule has 0 fully saturated rings. The lowest BCUT2D eigenvalue weighted by atomic mass is 10.1. The van der Waals surface area contributed by atoms with Crippen molar-refractivity contribution in [3.05, 3.63) is 66.3 Å². The first-order valence-electron chi connectivity index (χ1n) is 9.19. The summed E-state index contributed by atoms with van der Waals surface area (Å²) in [5.74, 6) is 0.633. The Labute approximate surface area is 162 Å². The zero-order valence-electron chi connectivity index (χ0n) is 15.5. The number of nitriles is 1. The Morgan fingerprint density at radius 2 is 2.14 bits per heavy atom. The lowest BCUT2D eigenvalue weighted by Crippen LogP contribution is -2.13. The third-order valence-corrected chi connectivity index (χ3v) is 4.59. The molecule has 1 aromatic carbocycles. The molecular formula is C20H20N8. The Bertz CT molecular complexity index is 1110. The number of anilines is 1. The number of H-pyrrole nitrogens is 1. The summed E-state index contributed by atoms with van der Waals surface area (Å²) in [6.45, 7) is 3.44. The van der Waals surface area contributed by atoms with E-state index in [0.29, 0.717) is 24.0 Å². The van der Waals surface area contributed by atoms with Crippen molar-refractivity contribution in [1.29, 1.82) is 5.26 Å². The number of hydrogen-bond acceptors (Lipinski definition) is 6. The van der Waals surface area contributed by atoms with Gasteiger partial charge in [-0.2, -0.15) is 5.26 Å². The fourth-order valence-electron chi connectivity index (χ4n) is 3.25. The maximum Gasteiger partial charge on any atom is 0.222 e. The molecule has 8 heteroatoms. The summed E-state index contributed by atoms with van der Waals surface area (Å²) < 4.78 is 2.07. The highest BCUT2D eigenvalue weighted by atomic mass is 15.1. The second-order valence-electron chi connectivity index (χ2n) is 6.32. The molecule has 28 heavy (non-hydrogen) atoms. The van der Waals surface area contributed by atoms with Crippen LogP contribution >= 0.6 is 0 Å². The van der Waals surface area contributed by atoms with Gasteiger partial charge in [0.2, 0.25) is 5.95 Å². The highest BCUT2D eigenvalue weighted by Gasteiger charge is 2.23. The number of aromatic amines is 1. The van der Waals surface area contributed by atoms with Crippen molar-refractivity contribution >= 4 is 17.0 Å². The third kappa shape index (κ3) is 3.42. The molecule has 0 aliphatic rings. The largest absolute Gasteiger partial charge is 0.354 e. The van der Waals surface area contributed by atoms with Gasteiger partial charge in [0.25, 0.3) is 0 Å². The minimum atomic E-state index is -0.566. The van der Waals surface area contributed by atoms with Gasteiger partial charge in [-0.3, -0.25) is 0 Å². The van der Waals surface area contributed by atoms with Crippen LogP contribution in [0, 0.1) is 11.3 Å². The van der Waals surface area contributed by atoms with Crippen molar-refractivity contribution in [2.75, 3.05) is 11.9 Å². The number of rotatable bonds is 7. The van der Waals surface area contributed by atoms with Crippen LogP contribution in [0.3, 0.4) is 0 Å². The van der Waals surface area contributed by atoms with Crippen molar-refractivity contribution in [2.45, 2.75) is 25.8 Å². The fraction of sp³-hybridized carbons (Fsp3) is 0.250. The molecule has 2 N–H and O–H groups in total. The average molecular weight is 372 g/mol. The van der Waals surface area contributed by atoms with Crippen molar-refractivity contribution in [1.82, 2.24) is 29.5 Å². The molecule has 4 rings (SSSR count). The number of para-hydroxylation sites is 2. The molecule has 0 saturated carbocycles. The van der Waals surface area contributed by atoms with Crippen LogP contribution in [0.2, 0.25) is 0 Å². The molecule has 0 radical (unpaired) electrons. The van der Waals surface area contributed by atoms with Gasteiger partial charge in [-0.05, 0) is 25.1 Å². The fourth-order valence-corrected chi connectivity index (χ4v) is 3.25. The van der Waals surface area contributed by atoms with Gasteiger partial charge in [0, 0.05) is 37.6 Å². The van der Waals surface area contributed by atoms with Gasteiger partial charge >= 0.3 is 0 Å². The van der Waals surface area contributed by atoms with Gasteiger partial charge in [-0.15, -0.1) is 0 Å². The molecule has 0 spiro atoms. The van der Waals surface area contributed by atoms with Crippen molar-refractivity contribution in [2.24, 2.45) is 0 Å². The quantitative estimate of drug-likeness (QED) is 0.516. The number of aryl methyl sites for hydroxylation is 1. The van der Waals surface area contributed by atoms with Gasteiger partial charge in [-0.1, -0.05) is 12.1 Å². The molecule has 140 valence electrons. The van der Waals surface area contributed by atoms with Crippen LogP contribution in [0.1, 0.15) is 30.1 Å². The van der Waals surface area contributed by atoms with E-state index in [1.807, 2.05) is 24.3 Å². The molecule has 4 aromatic rings. The maximum absolute atomic E-state index is 9.87. The highest BCUT2D eigenvalue weighted by Crippen LogP contribution is 2.26. The van der Waals surface area contributed by atoms with E-state index in [1.165, 1.54) is 0 Å². The Morgan fingerprint density at radius 1 is 1.25 bits per heavy atom. The molecule has 1 unspecified atom stereocenters. The zero-order valence-corrected chi connectivity index (χ0v) is 15.5. The molecule has 0 aliphatic carbocycles. The Hall–Kier alpha value is -3.73. The predicted octanol–water partition coefficient (Wildman–Crippen LogP) is 2.88. The minimum Gasteiger partial charge on any atom is -0.354 e. The van der Waals surface area contributed by atoms with Gasteiger partial charge in [0.15, 0.2) is 0 Å². The SMILES string of the molecule is CCn1c(C(C#N)c2ccnc(NCCc3cnc[nH]3)n2)nc2ccccc21. The number of benzene rings is 1. The van der Waals surface area contributed by atoms with E-state index in [0.717, 1.165) is 29.7 Å². The number of hydrogen-bond donors (Lipinski definition) is 2. The number of imidazole rings is 2. The standard InChI is InChI=1S/C20H20N8/c1-2-28-18-6-4-3-5-17(18)26-19(28)15(11-21)16-8-10-24-20(27-16)23-9-7-14-12-22-13-25-14/h3-6,8,10,12-13,15H,2,7,9H2,1H3,(H,22,25)(H,23,24,27). The second kappa shape index (κ2) is 7.88. The summed E-state index contributed by atoms with van der Waals surface area (Å²) in [6.07, 6.45) is 5.90. The average Bonchev–Trinajstić information content (AvgIpc) is 3.36. The van der Waals surface area contributed by atoms with Crippen LogP contribution in [0.25, 0.3) is 11.0 Å². The van der Waals surface area contributed by atoms with E-state index in [1.54, 1.807) is 24.8 Å². The minimum absolute atomic E-state index is 0.497. The van der Waals surface area contributed by atoms with Gasteiger partial charge < -0.3 is 14.9 Å². The molecule has 0 saturated heterocycles. The molecule has 0 aliphatic heterocycles. The first kappa shape index (κ1) is 17.7. The van der Waals surface area contributed by atoms with Crippen LogP contribution in [0.4, 0.5) is 5.95 Å². The highest BCUT2D eigenvalue weighted by molar-refractivity contribution is 5.76. The number of nitrogens with zero attached hydrogens (tertiary/aromatic N) is 6. The predicted molar refractivity (Wildman–Crippen MR) is 106 cm³/mol. The Kier molecular flexibility index (Phi) is 4.97. The molecule has 0 amide bonds. The molecule has 0 bridgehead atoms. The van der Waals surface area contributed by atoms with Crippen molar-refractivity contribution in [3.8, 4) is 6.07 Å². The van der Waals surface area contributed by atoms with E-state index in [4.69, 9.17) is 4.98 Å². The summed E-state index contributed by atoms with van der Waals surface area (Å²) in [6, 6.07) is 12.0. The van der Waals surface area contributed by atoms with Gasteiger partial charge in [-0.25, -0.2) is 19.9 Å². The third-order valence-electron chi connectivity index (χ3n) is 4.59.